The molecule has 3 heterocycles. The molecule has 0 aliphatic carbocycles. The first-order valence-electron chi connectivity index (χ1n) is 15.5. The first-order valence-corrected chi connectivity index (χ1v) is 15.5. The quantitative estimate of drug-likeness (QED) is 0.185. The molecule has 1 N–H and O–H groups in total. The number of fused-ring (bicyclic) bond motifs is 1. The van der Waals surface area contributed by atoms with Crippen molar-refractivity contribution in [2.75, 3.05) is 6.61 Å². The molecule has 9 heteroatoms. The van der Waals surface area contributed by atoms with E-state index in [0.29, 0.717) is 24.4 Å². The Labute approximate surface area is 256 Å². The summed E-state index contributed by atoms with van der Waals surface area (Å²) in [7, 11) is 0. The normalized spacial score (nSPS) is 16.1. The van der Waals surface area contributed by atoms with E-state index >= 15 is 0 Å². The van der Waals surface area contributed by atoms with Crippen LogP contribution in [0.3, 0.4) is 0 Å². The molecule has 0 bridgehead atoms. The maximum atomic E-state index is 14.4. The maximum absolute atomic E-state index is 14.4. The van der Waals surface area contributed by atoms with Crippen molar-refractivity contribution in [1.29, 1.82) is 0 Å². The molecule has 44 heavy (non-hydrogen) atoms. The van der Waals surface area contributed by atoms with Gasteiger partial charge in [-0.3, -0.25) is 9.48 Å². The zero-order chi connectivity index (χ0) is 30.6. The zero-order valence-corrected chi connectivity index (χ0v) is 25.5. The predicted molar refractivity (Wildman–Crippen MR) is 170 cm³/mol. The number of aromatic nitrogens is 6. The second kappa shape index (κ2) is 12.8. The molecular formula is C35H38N6O3. The van der Waals surface area contributed by atoms with Crippen LogP contribution in [0.5, 0.6) is 0 Å². The second-order valence-electron chi connectivity index (χ2n) is 11.4. The third-order valence-corrected chi connectivity index (χ3v) is 8.65. The van der Waals surface area contributed by atoms with Gasteiger partial charge in [0.2, 0.25) is 0 Å². The lowest BCUT2D eigenvalue weighted by Gasteiger charge is -2.33. The number of unbranched alkanes of at least 4 members (excludes halogenated alkanes) is 1. The van der Waals surface area contributed by atoms with Gasteiger partial charge in [0.15, 0.2) is 5.82 Å². The standard InChI is InChI=1S/C35H38N6O3/c1-4-6-15-31-30(22-24-17-19-25(20-18-24)26-11-7-9-13-28(26)33-36-38-39-37-33)34(42)41-32(21-16-23(3)40(31)41)27-12-8-10-14-29(27)35(43)44-5-2/h7-14,17-20,23,32H,4-6,15-16,21-22H2,1-3H3,(H,36,37,38,39). The summed E-state index contributed by atoms with van der Waals surface area (Å²) in [6, 6.07) is 23.9. The lowest BCUT2D eigenvalue weighted by Crippen LogP contribution is -2.35. The summed E-state index contributed by atoms with van der Waals surface area (Å²) < 4.78 is 9.55. The summed E-state index contributed by atoms with van der Waals surface area (Å²) in [5.41, 5.74) is 7.41. The van der Waals surface area contributed by atoms with Crippen molar-refractivity contribution in [3.63, 3.8) is 0 Å². The molecule has 6 rings (SSSR count). The number of aromatic amines is 1. The number of esters is 1. The number of rotatable bonds is 10. The van der Waals surface area contributed by atoms with Gasteiger partial charge in [-0.05, 0) is 78.3 Å². The van der Waals surface area contributed by atoms with Crippen LogP contribution in [-0.4, -0.2) is 42.6 Å². The molecule has 0 spiro atoms. The minimum atomic E-state index is -0.347. The van der Waals surface area contributed by atoms with Gasteiger partial charge in [0.1, 0.15) is 0 Å². The minimum Gasteiger partial charge on any atom is -0.462 e. The lowest BCUT2D eigenvalue weighted by atomic mass is 9.94. The van der Waals surface area contributed by atoms with E-state index in [4.69, 9.17) is 4.74 Å². The van der Waals surface area contributed by atoms with Gasteiger partial charge in [-0.15, -0.1) is 5.10 Å². The van der Waals surface area contributed by atoms with E-state index in [-0.39, 0.29) is 23.6 Å². The average molecular weight is 591 g/mol. The van der Waals surface area contributed by atoms with Crippen LogP contribution in [0.25, 0.3) is 22.5 Å². The highest BCUT2D eigenvalue weighted by Crippen LogP contribution is 2.36. The number of benzene rings is 3. The monoisotopic (exact) mass is 590 g/mol. The van der Waals surface area contributed by atoms with Gasteiger partial charge >= 0.3 is 5.97 Å². The third-order valence-electron chi connectivity index (χ3n) is 8.65. The number of hydrogen-bond donors (Lipinski definition) is 1. The summed E-state index contributed by atoms with van der Waals surface area (Å²) in [6.07, 6.45) is 5.11. The van der Waals surface area contributed by atoms with Crippen molar-refractivity contribution < 1.29 is 9.53 Å². The van der Waals surface area contributed by atoms with Crippen molar-refractivity contribution >= 4 is 5.97 Å². The minimum absolute atomic E-state index is 0.0264. The molecule has 9 nitrogen and oxygen atoms in total. The Bertz CT molecular complexity index is 1800. The molecule has 5 aromatic rings. The number of nitrogens with zero attached hydrogens (tertiary/aromatic N) is 5. The molecule has 2 aromatic heterocycles. The average Bonchev–Trinajstić information content (AvgIpc) is 3.69. The molecule has 0 saturated heterocycles. The molecule has 1 aliphatic rings. The van der Waals surface area contributed by atoms with E-state index in [1.165, 1.54) is 0 Å². The molecule has 2 atom stereocenters. The van der Waals surface area contributed by atoms with Gasteiger partial charge in [0.05, 0.1) is 18.2 Å². The van der Waals surface area contributed by atoms with Crippen molar-refractivity contribution in [1.82, 2.24) is 30.0 Å². The number of H-pyrrole nitrogens is 1. The summed E-state index contributed by atoms with van der Waals surface area (Å²) >= 11 is 0. The Morgan fingerprint density at radius 3 is 2.43 bits per heavy atom. The van der Waals surface area contributed by atoms with Crippen LogP contribution in [0.15, 0.2) is 77.6 Å². The van der Waals surface area contributed by atoms with Gasteiger partial charge in [-0.1, -0.05) is 80.1 Å². The number of ether oxygens (including phenoxy) is 1. The molecular weight excluding hydrogens is 552 g/mol. The Morgan fingerprint density at radius 1 is 0.955 bits per heavy atom. The summed E-state index contributed by atoms with van der Waals surface area (Å²) in [5, 5.41) is 14.4. The molecule has 0 radical (unpaired) electrons. The number of carbonyl (C=O) groups excluding carboxylic acids is 1. The van der Waals surface area contributed by atoms with Crippen LogP contribution in [0.1, 0.15) is 91.3 Å². The first-order chi connectivity index (χ1) is 21.5. The van der Waals surface area contributed by atoms with E-state index in [1.54, 1.807) is 6.07 Å². The maximum Gasteiger partial charge on any atom is 0.338 e. The summed E-state index contributed by atoms with van der Waals surface area (Å²) in [6.45, 7) is 6.49. The predicted octanol–water partition coefficient (Wildman–Crippen LogP) is 6.55. The Hall–Kier alpha value is -4.79. The van der Waals surface area contributed by atoms with Crippen LogP contribution < -0.4 is 5.56 Å². The Balaban J connectivity index is 1.39. The van der Waals surface area contributed by atoms with Gasteiger partial charge in [-0.25, -0.2) is 14.6 Å². The van der Waals surface area contributed by atoms with E-state index < -0.39 is 0 Å². The fourth-order valence-electron chi connectivity index (χ4n) is 6.52. The van der Waals surface area contributed by atoms with Crippen molar-refractivity contribution in [2.45, 2.75) is 71.4 Å². The van der Waals surface area contributed by atoms with E-state index in [2.05, 4.69) is 69.5 Å². The topological polar surface area (TPSA) is 108 Å². The number of carbonyl (C=O) groups is 1. The first kappa shape index (κ1) is 29.3. The zero-order valence-electron chi connectivity index (χ0n) is 25.5. The summed E-state index contributed by atoms with van der Waals surface area (Å²) in [5.74, 6) is 0.270. The molecule has 1 aliphatic heterocycles. The van der Waals surface area contributed by atoms with Crippen LogP contribution >= 0.6 is 0 Å². The Kier molecular flexibility index (Phi) is 8.54. The second-order valence-corrected chi connectivity index (χ2v) is 11.4. The molecule has 2 unspecified atom stereocenters. The molecule has 3 aromatic carbocycles. The van der Waals surface area contributed by atoms with Crippen molar-refractivity contribution in [2.24, 2.45) is 0 Å². The van der Waals surface area contributed by atoms with E-state index in [0.717, 1.165) is 71.2 Å². The van der Waals surface area contributed by atoms with E-state index in [9.17, 15) is 9.59 Å². The smallest absolute Gasteiger partial charge is 0.338 e. The van der Waals surface area contributed by atoms with Gasteiger partial charge < -0.3 is 4.74 Å². The third kappa shape index (κ3) is 5.50. The molecule has 0 amide bonds. The molecule has 0 fully saturated rings. The number of nitrogens with one attached hydrogen (secondary N) is 1. The van der Waals surface area contributed by atoms with Crippen molar-refractivity contribution in [3.8, 4) is 22.5 Å². The van der Waals surface area contributed by atoms with Crippen LogP contribution in [-0.2, 0) is 17.6 Å². The SMILES string of the molecule is CCCCc1c(Cc2ccc(-c3ccccc3-c3nnn[nH]3)cc2)c(=O)n2n1C(C)CCC2c1ccccc1C(=O)OCC. The largest absolute Gasteiger partial charge is 0.462 e. The van der Waals surface area contributed by atoms with Gasteiger partial charge in [-0.2, -0.15) is 0 Å². The van der Waals surface area contributed by atoms with Crippen LogP contribution in [0.2, 0.25) is 0 Å². The highest BCUT2D eigenvalue weighted by atomic mass is 16.5. The molecule has 0 saturated carbocycles. The van der Waals surface area contributed by atoms with E-state index in [1.807, 2.05) is 48.0 Å². The summed E-state index contributed by atoms with van der Waals surface area (Å²) in [4.78, 5) is 27.3. The fourth-order valence-corrected chi connectivity index (χ4v) is 6.52. The van der Waals surface area contributed by atoms with Gasteiger partial charge in [0, 0.05) is 29.3 Å². The Morgan fingerprint density at radius 2 is 1.70 bits per heavy atom. The lowest BCUT2D eigenvalue weighted by molar-refractivity contribution is 0.0523. The fraction of sp³-hybridized carbons (Fsp3) is 0.343. The van der Waals surface area contributed by atoms with Crippen LogP contribution in [0, 0.1) is 0 Å². The number of hydrogen-bond acceptors (Lipinski definition) is 6. The molecule has 226 valence electrons. The highest BCUT2D eigenvalue weighted by Gasteiger charge is 2.33. The van der Waals surface area contributed by atoms with Gasteiger partial charge in [0.25, 0.3) is 5.56 Å². The van der Waals surface area contributed by atoms with Crippen LogP contribution in [0.4, 0.5) is 0 Å². The highest BCUT2D eigenvalue weighted by molar-refractivity contribution is 5.91. The number of tetrazole rings is 1. The van der Waals surface area contributed by atoms with Crippen molar-refractivity contribution in [3.05, 3.63) is 111 Å².